The average Bonchev–Trinajstić information content (AvgIpc) is 3.73. The van der Waals surface area contributed by atoms with Crippen molar-refractivity contribution in [3.05, 3.63) is 203 Å². The minimum Gasteiger partial charge on any atom is -0.309 e. The number of para-hydroxylation sites is 1. The lowest BCUT2D eigenvalue weighted by Crippen LogP contribution is -2.20. The van der Waals surface area contributed by atoms with Crippen molar-refractivity contribution in [3.8, 4) is 27.9 Å². The van der Waals surface area contributed by atoms with Gasteiger partial charge in [0.05, 0.1) is 22.4 Å². The van der Waals surface area contributed by atoms with Crippen LogP contribution < -0.4 is 0 Å². The molecule has 0 fully saturated rings. The molecule has 7 aromatic rings. The SMILES string of the molecule is CCCC1/C=C(/c2ccccc2-c2ccccc2)C(C)/C(C)=C(C2=CCCC=C2)\N=C/1c1cccc(-n2c3ccccc3c3c4c(ccc32)-c2ccccc2C4(C)C)c1. The molecule has 0 saturated carbocycles. The van der Waals surface area contributed by atoms with Crippen LogP contribution in [0.4, 0.5) is 0 Å². The first-order valence-electron chi connectivity index (χ1n) is 21.7. The van der Waals surface area contributed by atoms with Gasteiger partial charge in [-0.3, -0.25) is 4.99 Å². The summed E-state index contributed by atoms with van der Waals surface area (Å²) in [7, 11) is 0. The normalized spacial score (nSPS) is 21.5. The Kier molecular flexibility index (Phi) is 9.32. The van der Waals surface area contributed by atoms with Gasteiger partial charge in [-0.2, -0.15) is 0 Å². The Labute approximate surface area is 349 Å². The van der Waals surface area contributed by atoms with Crippen LogP contribution in [0.1, 0.15) is 82.6 Å². The summed E-state index contributed by atoms with van der Waals surface area (Å²) in [6.07, 6.45) is 13.8. The first-order valence-corrected chi connectivity index (χ1v) is 21.7. The molecule has 0 bridgehead atoms. The van der Waals surface area contributed by atoms with Crippen LogP contribution in [0.25, 0.3) is 55.3 Å². The van der Waals surface area contributed by atoms with Gasteiger partial charge in [0.1, 0.15) is 0 Å². The molecule has 290 valence electrons. The van der Waals surface area contributed by atoms with E-state index in [1.807, 2.05) is 0 Å². The zero-order chi connectivity index (χ0) is 40.3. The number of fused-ring (bicyclic) bond motifs is 7. The smallest absolute Gasteiger partial charge is 0.0697 e. The third kappa shape index (κ3) is 6.11. The van der Waals surface area contributed by atoms with Gasteiger partial charge in [0.25, 0.3) is 0 Å². The van der Waals surface area contributed by atoms with Gasteiger partial charge in [0, 0.05) is 33.7 Å². The molecular formula is C57H52N2. The highest BCUT2D eigenvalue weighted by Crippen LogP contribution is 2.53. The van der Waals surface area contributed by atoms with Gasteiger partial charge in [-0.05, 0) is 112 Å². The van der Waals surface area contributed by atoms with Crippen LogP contribution in [0.5, 0.6) is 0 Å². The van der Waals surface area contributed by atoms with E-state index in [0.717, 1.165) is 42.8 Å². The van der Waals surface area contributed by atoms with E-state index < -0.39 is 0 Å². The predicted octanol–water partition coefficient (Wildman–Crippen LogP) is 15.2. The number of aromatic nitrogens is 1. The zero-order valence-corrected chi connectivity index (χ0v) is 35.0. The van der Waals surface area contributed by atoms with Crippen LogP contribution in [-0.2, 0) is 5.41 Å². The van der Waals surface area contributed by atoms with E-state index in [4.69, 9.17) is 4.99 Å². The minimum atomic E-state index is -0.119. The Morgan fingerprint density at radius 1 is 0.695 bits per heavy atom. The van der Waals surface area contributed by atoms with Gasteiger partial charge >= 0.3 is 0 Å². The molecule has 3 aliphatic rings. The topological polar surface area (TPSA) is 17.3 Å². The highest BCUT2D eigenvalue weighted by Gasteiger charge is 2.38. The summed E-state index contributed by atoms with van der Waals surface area (Å²) in [6.45, 7) is 11.8. The van der Waals surface area contributed by atoms with E-state index in [1.165, 1.54) is 83.0 Å². The van der Waals surface area contributed by atoms with Gasteiger partial charge in [-0.15, -0.1) is 0 Å². The number of nitrogens with zero attached hydrogens (tertiary/aromatic N) is 2. The predicted molar refractivity (Wildman–Crippen MR) is 251 cm³/mol. The number of allylic oxidation sites excluding steroid dienone is 6. The molecule has 2 unspecified atom stereocenters. The molecule has 0 saturated heterocycles. The van der Waals surface area contributed by atoms with Crippen molar-refractivity contribution >= 4 is 33.1 Å². The van der Waals surface area contributed by atoms with Crippen molar-refractivity contribution < 1.29 is 0 Å². The quantitative estimate of drug-likeness (QED) is 0.154. The molecule has 2 heteroatoms. The van der Waals surface area contributed by atoms with Crippen molar-refractivity contribution in [3.63, 3.8) is 0 Å². The lowest BCUT2D eigenvalue weighted by Gasteiger charge is -2.29. The number of aliphatic imine (C=N–C) groups is 1. The van der Waals surface area contributed by atoms with Crippen molar-refractivity contribution in [2.75, 3.05) is 0 Å². The lowest BCUT2D eigenvalue weighted by molar-refractivity contribution is 0.666. The van der Waals surface area contributed by atoms with Crippen LogP contribution in [-0.4, -0.2) is 10.3 Å². The Balaban J connectivity index is 1.19. The molecule has 10 rings (SSSR count). The van der Waals surface area contributed by atoms with Gasteiger partial charge in [0.2, 0.25) is 0 Å². The van der Waals surface area contributed by atoms with Crippen molar-refractivity contribution in [1.29, 1.82) is 0 Å². The molecular weight excluding hydrogens is 713 g/mol. The largest absolute Gasteiger partial charge is 0.309 e. The maximum absolute atomic E-state index is 5.83. The maximum atomic E-state index is 5.83. The molecule has 0 N–H and O–H groups in total. The highest BCUT2D eigenvalue weighted by atomic mass is 15.0. The average molecular weight is 765 g/mol. The van der Waals surface area contributed by atoms with Crippen LogP contribution in [0.3, 0.4) is 0 Å². The molecule has 59 heavy (non-hydrogen) atoms. The number of benzene rings is 6. The van der Waals surface area contributed by atoms with E-state index in [-0.39, 0.29) is 17.3 Å². The molecule has 0 radical (unpaired) electrons. The fraction of sp³-hybridized carbons (Fsp3) is 0.211. The fourth-order valence-corrected chi connectivity index (χ4v) is 10.4. The molecule has 2 aliphatic carbocycles. The summed E-state index contributed by atoms with van der Waals surface area (Å²) in [4.78, 5) is 5.83. The van der Waals surface area contributed by atoms with Crippen molar-refractivity contribution in [2.45, 2.75) is 65.7 Å². The minimum absolute atomic E-state index is 0.119. The summed E-state index contributed by atoms with van der Waals surface area (Å²) in [5, 5.41) is 2.65. The molecule has 2 nitrogen and oxygen atoms in total. The van der Waals surface area contributed by atoms with Crippen LogP contribution >= 0.6 is 0 Å². The Morgan fingerprint density at radius 2 is 1.42 bits per heavy atom. The summed E-state index contributed by atoms with van der Waals surface area (Å²) in [6, 6.07) is 51.8. The van der Waals surface area contributed by atoms with Gasteiger partial charge < -0.3 is 4.57 Å². The summed E-state index contributed by atoms with van der Waals surface area (Å²) in [5.74, 6) is 0.297. The van der Waals surface area contributed by atoms with Crippen LogP contribution in [0.2, 0.25) is 0 Å². The van der Waals surface area contributed by atoms with Gasteiger partial charge in [-0.25, -0.2) is 0 Å². The molecule has 2 heterocycles. The van der Waals surface area contributed by atoms with Crippen LogP contribution in [0, 0.1) is 11.8 Å². The highest BCUT2D eigenvalue weighted by molar-refractivity contribution is 6.14. The monoisotopic (exact) mass is 764 g/mol. The second kappa shape index (κ2) is 14.8. The third-order valence-electron chi connectivity index (χ3n) is 13.4. The van der Waals surface area contributed by atoms with E-state index >= 15 is 0 Å². The zero-order valence-electron chi connectivity index (χ0n) is 35.0. The Morgan fingerprint density at radius 3 is 2.22 bits per heavy atom. The molecule has 2 atom stereocenters. The Bertz CT molecular complexity index is 2940. The summed E-state index contributed by atoms with van der Waals surface area (Å²) in [5.41, 5.74) is 20.2. The molecule has 1 aromatic heterocycles. The molecule has 0 amide bonds. The first kappa shape index (κ1) is 37.0. The van der Waals surface area contributed by atoms with Gasteiger partial charge in [-0.1, -0.05) is 174 Å². The Hall–Kier alpha value is -6.25. The van der Waals surface area contributed by atoms with Crippen molar-refractivity contribution in [1.82, 2.24) is 4.57 Å². The second-order valence-electron chi connectivity index (χ2n) is 17.3. The third-order valence-corrected chi connectivity index (χ3v) is 13.4. The summed E-state index contributed by atoms with van der Waals surface area (Å²) < 4.78 is 2.50. The molecule has 6 aromatic carbocycles. The van der Waals surface area contributed by atoms with E-state index in [2.05, 4.69) is 203 Å². The fourth-order valence-electron chi connectivity index (χ4n) is 10.4. The van der Waals surface area contributed by atoms with Crippen LogP contribution in [0.15, 0.2) is 186 Å². The van der Waals surface area contributed by atoms with Gasteiger partial charge in [0.15, 0.2) is 0 Å². The first-order chi connectivity index (χ1) is 28.8. The number of hydrogen-bond acceptors (Lipinski definition) is 1. The lowest BCUT2D eigenvalue weighted by atomic mass is 9.78. The van der Waals surface area contributed by atoms with E-state index in [1.54, 1.807) is 0 Å². The summed E-state index contributed by atoms with van der Waals surface area (Å²) >= 11 is 0. The number of rotatable bonds is 7. The second-order valence-corrected chi connectivity index (χ2v) is 17.3. The molecule has 1 aliphatic heterocycles. The van der Waals surface area contributed by atoms with Crippen molar-refractivity contribution in [2.24, 2.45) is 16.8 Å². The van der Waals surface area contributed by atoms with E-state index in [0.29, 0.717) is 0 Å². The standard InChI is InChI=1S/C57H52N2/c1-6-20-41-36-49(45-28-14-13-27-44(45)39-21-9-7-10-22-39)37(2)38(3)55(40-23-11-8-12-24-40)58-56(41)42-25-19-26-43(35-42)59-51-32-18-16-30-48(51)53-52(59)34-33-47-46-29-15-17-31-50(46)57(4,5)54(47)53/h7,9-11,13-19,21-37,41H,6,8,12,20H2,1-5H3/b49-36+,55-38-,58-56+. The molecule has 0 spiro atoms. The number of hydrogen-bond donors (Lipinski definition) is 0. The maximum Gasteiger partial charge on any atom is 0.0697 e. The van der Waals surface area contributed by atoms with E-state index in [9.17, 15) is 0 Å².